The fourth-order valence-corrected chi connectivity index (χ4v) is 4.90. The van der Waals surface area contributed by atoms with Crippen molar-refractivity contribution in [1.29, 1.82) is 0 Å². The highest BCUT2D eigenvalue weighted by Crippen LogP contribution is 2.31. The monoisotopic (exact) mass is 434 g/mol. The van der Waals surface area contributed by atoms with Gasteiger partial charge < -0.3 is 9.88 Å². The van der Waals surface area contributed by atoms with E-state index in [0.29, 0.717) is 30.0 Å². The molecule has 1 aromatic heterocycles. The summed E-state index contributed by atoms with van der Waals surface area (Å²) in [6.07, 6.45) is 3.60. The summed E-state index contributed by atoms with van der Waals surface area (Å²) in [5.41, 5.74) is 0.552. The third-order valence-electron chi connectivity index (χ3n) is 5.71. The second-order valence-electron chi connectivity index (χ2n) is 7.71. The summed E-state index contributed by atoms with van der Waals surface area (Å²) in [5, 5.41) is 0. The van der Waals surface area contributed by atoms with Crippen LogP contribution in [-0.4, -0.2) is 52.8 Å². The Morgan fingerprint density at radius 1 is 1.23 bits per heavy atom. The molecule has 0 spiro atoms. The van der Waals surface area contributed by atoms with Crippen molar-refractivity contribution in [2.45, 2.75) is 38.3 Å². The molecule has 1 saturated heterocycles. The SMILES string of the molecule is CS(=O)(=O)N1CCc2c(nc([C@@H]3CCCCN3C(=O)c3ccccc3F)[nH]c2=O)C1. The fourth-order valence-electron chi connectivity index (χ4n) is 4.12. The minimum Gasteiger partial charge on any atom is -0.328 e. The Labute approximate surface area is 173 Å². The van der Waals surface area contributed by atoms with Crippen LogP contribution in [0, 0.1) is 5.82 Å². The van der Waals surface area contributed by atoms with E-state index >= 15 is 0 Å². The number of sulfonamides is 1. The van der Waals surface area contributed by atoms with Crippen LogP contribution in [0.1, 0.15) is 52.7 Å². The Balaban J connectivity index is 1.70. The number of aromatic amines is 1. The zero-order valence-corrected chi connectivity index (χ0v) is 17.4. The van der Waals surface area contributed by atoms with E-state index in [9.17, 15) is 22.4 Å². The number of likely N-dealkylation sites (tertiary alicyclic amines) is 1. The van der Waals surface area contributed by atoms with E-state index in [1.54, 1.807) is 11.0 Å². The molecule has 4 rings (SSSR count). The van der Waals surface area contributed by atoms with E-state index in [1.807, 2.05) is 0 Å². The number of amides is 1. The first-order valence-corrected chi connectivity index (χ1v) is 11.7. The highest BCUT2D eigenvalue weighted by atomic mass is 32.2. The molecular weight excluding hydrogens is 411 g/mol. The molecule has 30 heavy (non-hydrogen) atoms. The molecule has 0 unspecified atom stereocenters. The van der Waals surface area contributed by atoms with Gasteiger partial charge in [-0.1, -0.05) is 12.1 Å². The summed E-state index contributed by atoms with van der Waals surface area (Å²) < 4.78 is 39.3. The molecule has 0 radical (unpaired) electrons. The Morgan fingerprint density at radius 2 is 2.00 bits per heavy atom. The van der Waals surface area contributed by atoms with Crippen LogP contribution in [0.15, 0.2) is 29.1 Å². The summed E-state index contributed by atoms with van der Waals surface area (Å²) in [5.74, 6) is -0.725. The molecule has 2 aliphatic heterocycles. The number of carbonyl (C=O) groups excluding carboxylic acids is 1. The molecule has 0 bridgehead atoms. The molecule has 10 heteroatoms. The number of carbonyl (C=O) groups is 1. The van der Waals surface area contributed by atoms with Gasteiger partial charge in [-0.05, 0) is 37.8 Å². The van der Waals surface area contributed by atoms with Crippen molar-refractivity contribution in [1.82, 2.24) is 19.2 Å². The molecule has 2 aromatic rings. The van der Waals surface area contributed by atoms with Crippen molar-refractivity contribution in [3.8, 4) is 0 Å². The molecule has 2 aliphatic rings. The Morgan fingerprint density at radius 3 is 2.73 bits per heavy atom. The zero-order chi connectivity index (χ0) is 21.5. The number of nitrogens with zero attached hydrogens (tertiary/aromatic N) is 3. The molecular formula is C20H23FN4O4S. The second-order valence-corrected chi connectivity index (χ2v) is 9.70. The van der Waals surface area contributed by atoms with Crippen LogP contribution in [0.3, 0.4) is 0 Å². The average molecular weight is 434 g/mol. The predicted octanol–water partition coefficient (Wildman–Crippen LogP) is 1.59. The van der Waals surface area contributed by atoms with Gasteiger partial charge in [0, 0.05) is 18.7 Å². The molecule has 3 heterocycles. The zero-order valence-electron chi connectivity index (χ0n) is 16.6. The molecule has 8 nitrogen and oxygen atoms in total. The standard InChI is InChI=1S/C20H23FN4O4S/c1-30(28,29)24-11-9-14-16(12-24)22-18(23-19(14)26)17-8-4-5-10-25(17)20(27)13-6-2-3-7-15(13)21/h2-3,6-7,17H,4-5,8-12H2,1H3,(H,22,23,26)/t17-/m0/s1. The summed E-state index contributed by atoms with van der Waals surface area (Å²) >= 11 is 0. The first-order chi connectivity index (χ1) is 14.3. The van der Waals surface area contributed by atoms with Gasteiger partial charge in [-0.3, -0.25) is 9.59 Å². The topological polar surface area (TPSA) is 103 Å². The van der Waals surface area contributed by atoms with Gasteiger partial charge in [0.15, 0.2) is 0 Å². The van der Waals surface area contributed by atoms with Crippen LogP contribution in [0.25, 0.3) is 0 Å². The van der Waals surface area contributed by atoms with Gasteiger partial charge in [0.05, 0.1) is 30.1 Å². The van der Waals surface area contributed by atoms with E-state index in [1.165, 1.54) is 22.5 Å². The van der Waals surface area contributed by atoms with Crippen molar-refractivity contribution in [2.24, 2.45) is 0 Å². The van der Waals surface area contributed by atoms with E-state index in [-0.39, 0.29) is 30.6 Å². The van der Waals surface area contributed by atoms with Crippen LogP contribution < -0.4 is 5.56 Å². The van der Waals surface area contributed by atoms with Crippen molar-refractivity contribution in [3.05, 3.63) is 63.1 Å². The maximum Gasteiger partial charge on any atom is 0.257 e. The number of hydrogen-bond acceptors (Lipinski definition) is 5. The maximum atomic E-state index is 14.2. The van der Waals surface area contributed by atoms with Gasteiger partial charge in [-0.2, -0.15) is 4.31 Å². The normalized spacial score (nSPS) is 20.1. The molecule has 1 N–H and O–H groups in total. The van der Waals surface area contributed by atoms with Crippen molar-refractivity contribution in [3.63, 3.8) is 0 Å². The van der Waals surface area contributed by atoms with Crippen LogP contribution in [0.4, 0.5) is 4.39 Å². The molecule has 0 aliphatic carbocycles. The summed E-state index contributed by atoms with van der Waals surface area (Å²) in [6.45, 7) is 0.685. The van der Waals surface area contributed by atoms with Crippen LogP contribution in [0.5, 0.6) is 0 Å². The lowest BCUT2D eigenvalue weighted by molar-refractivity contribution is 0.0594. The van der Waals surface area contributed by atoms with E-state index in [0.717, 1.165) is 19.1 Å². The molecule has 1 aromatic carbocycles. The number of piperidine rings is 1. The first-order valence-electron chi connectivity index (χ1n) is 9.88. The number of aromatic nitrogens is 2. The number of rotatable bonds is 3. The Kier molecular flexibility index (Phi) is 5.46. The van der Waals surface area contributed by atoms with E-state index in [2.05, 4.69) is 9.97 Å². The third kappa shape index (κ3) is 3.89. The number of fused-ring (bicyclic) bond motifs is 1. The van der Waals surface area contributed by atoms with E-state index in [4.69, 9.17) is 0 Å². The Bertz CT molecular complexity index is 1150. The number of benzene rings is 1. The highest BCUT2D eigenvalue weighted by molar-refractivity contribution is 7.88. The largest absolute Gasteiger partial charge is 0.328 e. The van der Waals surface area contributed by atoms with Gasteiger partial charge >= 0.3 is 0 Å². The van der Waals surface area contributed by atoms with Crippen molar-refractivity contribution in [2.75, 3.05) is 19.3 Å². The maximum absolute atomic E-state index is 14.2. The fraction of sp³-hybridized carbons (Fsp3) is 0.450. The molecule has 1 atom stereocenters. The molecule has 160 valence electrons. The number of H-pyrrole nitrogens is 1. The van der Waals surface area contributed by atoms with Crippen molar-refractivity contribution < 1.29 is 17.6 Å². The van der Waals surface area contributed by atoms with Gasteiger partial charge in [0.1, 0.15) is 11.6 Å². The highest BCUT2D eigenvalue weighted by Gasteiger charge is 2.33. The second kappa shape index (κ2) is 7.92. The molecule has 1 amide bonds. The minimum atomic E-state index is -3.41. The Hall–Kier alpha value is -2.59. The third-order valence-corrected chi connectivity index (χ3v) is 6.96. The predicted molar refractivity (Wildman–Crippen MR) is 108 cm³/mol. The smallest absolute Gasteiger partial charge is 0.257 e. The molecule has 0 saturated carbocycles. The van der Waals surface area contributed by atoms with Gasteiger partial charge in [-0.15, -0.1) is 0 Å². The van der Waals surface area contributed by atoms with Crippen molar-refractivity contribution >= 4 is 15.9 Å². The van der Waals surface area contributed by atoms with E-state index < -0.39 is 27.8 Å². The lowest BCUT2D eigenvalue weighted by atomic mass is 9.99. The van der Waals surface area contributed by atoms with Gasteiger partial charge in [0.25, 0.3) is 11.5 Å². The lowest BCUT2D eigenvalue weighted by Crippen LogP contribution is -2.42. The van der Waals surface area contributed by atoms with Crippen LogP contribution >= 0.6 is 0 Å². The quantitative estimate of drug-likeness (QED) is 0.790. The van der Waals surface area contributed by atoms with Gasteiger partial charge in [-0.25, -0.2) is 17.8 Å². The summed E-state index contributed by atoms with van der Waals surface area (Å²) in [7, 11) is -3.41. The van der Waals surface area contributed by atoms with Crippen LogP contribution in [0.2, 0.25) is 0 Å². The number of halogens is 1. The minimum absolute atomic E-state index is 0.0204. The first kappa shape index (κ1) is 20.7. The lowest BCUT2D eigenvalue weighted by Gasteiger charge is -2.35. The average Bonchev–Trinajstić information content (AvgIpc) is 2.72. The summed E-state index contributed by atoms with van der Waals surface area (Å²) in [6, 6.07) is 5.31. The van der Waals surface area contributed by atoms with Gasteiger partial charge in [0.2, 0.25) is 10.0 Å². The summed E-state index contributed by atoms with van der Waals surface area (Å²) in [4.78, 5) is 34.6. The number of hydrogen-bond donors (Lipinski definition) is 1. The van der Waals surface area contributed by atoms with Crippen LogP contribution in [-0.2, 0) is 23.0 Å². The number of nitrogens with one attached hydrogen (secondary N) is 1. The molecule has 1 fully saturated rings.